The van der Waals surface area contributed by atoms with E-state index in [9.17, 15) is 9.59 Å². The number of amides is 1. The van der Waals surface area contributed by atoms with Crippen molar-refractivity contribution in [2.24, 2.45) is 0 Å². The first-order valence-corrected chi connectivity index (χ1v) is 8.65. The van der Waals surface area contributed by atoms with Crippen molar-refractivity contribution in [1.82, 2.24) is 4.90 Å². The Morgan fingerprint density at radius 3 is 1.91 bits per heavy atom. The number of hydrogen-bond donors (Lipinski definition) is 0. The highest BCUT2D eigenvalue weighted by atomic mass is 16.6. The first-order valence-electron chi connectivity index (χ1n) is 8.65. The van der Waals surface area contributed by atoms with Crippen LogP contribution in [0.4, 0.5) is 4.79 Å². The molecule has 0 spiro atoms. The third-order valence-electron chi connectivity index (χ3n) is 3.46. The van der Waals surface area contributed by atoms with Crippen molar-refractivity contribution >= 4 is 12.1 Å². The van der Waals surface area contributed by atoms with Crippen molar-refractivity contribution in [3.05, 3.63) is 0 Å². The van der Waals surface area contributed by atoms with Crippen molar-refractivity contribution < 1.29 is 19.1 Å². The predicted molar refractivity (Wildman–Crippen MR) is 87.8 cm³/mol. The molecule has 0 aliphatic carbocycles. The van der Waals surface area contributed by atoms with Gasteiger partial charge in [0.2, 0.25) is 0 Å². The molecule has 0 aromatic carbocycles. The maximum atomic E-state index is 11.5. The van der Waals surface area contributed by atoms with Crippen LogP contribution in [0.5, 0.6) is 0 Å². The number of hydrogen-bond acceptors (Lipinski definition) is 4. The van der Waals surface area contributed by atoms with Crippen LogP contribution in [0, 0.1) is 0 Å². The summed E-state index contributed by atoms with van der Waals surface area (Å²) in [4.78, 5) is 24.1. The van der Waals surface area contributed by atoms with Gasteiger partial charge in [0.15, 0.2) is 0 Å². The van der Waals surface area contributed by atoms with E-state index < -0.39 is 6.09 Å². The first-order chi connectivity index (χ1) is 10.6. The Kier molecular flexibility index (Phi) is 13.8. The Balaban J connectivity index is 3.40. The van der Waals surface area contributed by atoms with Crippen LogP contribution in [-0.2, 0) is 14.3 Å². The van der Waals surface area contributed by atoms with E-state index in [0.29, 0.717) is 13.2 Å². The van der Waals surface area contributed by atoms with E-state index in [0.717, 1.165) is 12.8 Å². The van der Waals surface area contributed by atoms with E-state index in [2.05, 4.69) is 6.92 Å². The Bertz CT molecular complexity index is 294. The van der Waals surface area contributed by atoms with Gasteiger partial charge in [-0.15, -0.1) is 0 Å². The maximum absolute atomic E-state index is 11.5. The molecule has 0 saturated heterocycles. The van der Waals surface area contributed by atoms with E-state index in [4.69, 9.17) is 9.47 Å². The molecule has 0 fully saturated rings. The summed E-state index contributed by atoms with van der Waals surface area (Å²) < 4.78 is 9.90. The number of nitrogens with zero attached hydrogens (tertiary/aromatic N) is 1. The van der Waals surface area contributed by atoms with Crippen LogP contribution in [0.3, 0.4) is 0 Å². The van der Waals surface area contributed by atoms with Gasteiger partial charge < -0.3 is 14.4 Å². The van der Waals surface area contributed by atoms with Gasteiger partial charge in [0.1, 0.15) is 6.54 Å². The van der Waals surface area contributed by atoms with Crippen molar-refractivity contribution in [2.75, 3.05) is 26.8 Å². The van der Waals surface area contributed by atoms with E-state index in [-0.39, 0.29) is 12.5 Å². The summed E-state index contributed by atoms with van der Waals surface area (Å²) >= 11 is 0. The summed E-state index contributed by atoms with van der Waals surface area (Å²) in [5.41, 5.74) is 0. The van der Waals surface area contributed by atoms with Gasteiger partial charge in [-0.1, -0.05) is 58.3 Å². The van der Waals surface area contributed by atoms with Crippen LogP contribution in [-0.4, -0.2) is 43.8 Å². The highest BCUT2D eigenvalue weighted by Crippen LogP contribution is 2.09. The monoisotopic (exact) mass is 315 g/mol. The van der Waals surface area contributed by atoms with Crippen molar-refractivity contribution in [3.8, 4) is 0 Å². The third-order valence-corrected chi connectivity index (χ3v) is 3.46. The van der Waals surface area contributed by atoms with Gasteiger partial charge in [0, 0.05) is 7.05 Å². The number of rotatable bonds is 13. The van der Waals surface area contributed by atoms with E-state index in [1.165, 1.54) is 56.9 Å². The van der Waals surface area contributed by atoms with E-state index in [1.807, 2.05) is 0 Å². The number of esters is 1. The average Bonchev–Trinajstić information content (AvgIpc) is 2.49. The molecule has 0 heterocycles. The van der Waals surface area contributed by atoms with Crippen molar-refractivity contribution in [3.63, 3.8) is 0 Å². The smallest absolute Gasteiger partial charge is 0.410 e. The molecule has 5 nitrogen and oxygen atoms in total. The lowest BCUT2D eigenvalue weighted by molar-refractivity contribution is -0.144. The molecule has 0 saturated carbocycles. The molecular formula is C17H33NO4. The molecule has 0 unspecified atom stereocenters. The molecule has 22 heavy (non-hydrogen) atoms. The number of ether oxygens (including phenoxy) is 2. The summed E-state index contributed by atoms with van der Waals surface area (Å²) in [6.45, 7) is 4.64. The molecule has 0 rings (SSSR count). The quantitative estimate of drug-likeness (QED) is 0.378. The molecule has 0 aromatic heterocycles. The largest absolute Gasteiger partial charge is 0.464 e. The SMILES string of the molecule is CCCCCCCCCCCOC(=O)CN(C)C(=O)OCC. The molecule has 0 bridgehead atoms. The van der Waals surface area contributed by atoms with Crippen molar-refractivity contribution in [2.45, 2.75) is 71.6 Å². The Morgan fingerprint density at radius 1 is 0.818 bits per heavy atom. The minimum Gasteiger partial charge on any atom is -0.464 e. The summed E-state index contributed by atoms with van der Waals surface area (Å²) in [6.07, 6.45) is 10.6. The zero-order chi connectivity index (χ0) is 16.6. The number of likely N-dealkylation sites (N-methyl/N-ethyl adjacent to an activating group) is 1. The fourth-order valence-corrected chi connectivity index (χ4v) is 2.14. The van der Waals surface area contributed by atoms with Crippen LogP contribution < -0.4 is 0 Å². The minimum absolute atomic E-state index is 0.0593. The van der Waals surface area contributed by atoms with Crippen LogP contribution in [0.15, 0.2) is 0 Å². The zero-order valence-corrected chi connectivity index (χ0v) is 14.6. The second-order valence-corrected chi connectivity index (χ2v) is 5.60. The molecule has 0 aliphatic rings. The second kappa shape index (κ2) is 14.7. The van der Waals surface area contributed by atoms with Gasteiger partial charge in [-0.05, 0) is 13.3 Å². The molecule has 5 heteroatoms. The number of carbonyl (C=O) groups is 2. The summed E-state index contributed by atoms with van der Waals surface area (Å²) in [5, 5.41) is 0. The van der Waals surface area contributed by atoms with Gasteiger partial charge in [-0.25, -0.2) is 4.79 Å². The zero-order valence-electron chi connectivity index (χ0n) is 14.6. The van der Waals surface area contributed by atoms with E-state index in [1.54, 1.807) is 6.92 Å². The third kappa shape index (κ3) is 12.5. The predicted octanol–water partition coefficient (Wildman–Crippen LogP) is 4.15. The molecular weight excluding hydrogens is 282 g/mol. The fourth-order valence-electron chi connectivity index (χ4n) is 2.14. The maximum Gasteiger partial charge on any atom is 0.410 e. The molecule has 1 amide bonds. The molecule has 130 valence electrons. The normalized spacial score (nSPS) is 10.3. The Hall–Kier alpha value is -1.26. The van der Waals surface area contributed by atoms with Gasteiger partial charge in [-0.2, -0.15) is 0 Å². The van der Waals surface area contributed by atoms with Crippen LogP contribution in [0.1, 0.15) is 71.6 Å². The fraction of sp³-hybridized carbons (Fsp3) is 0.882. The average molecular weight is 315 g/mol. The standard InChI is InChI=1S/C17H33NO4/c1-4-6-7-8-9-10-11-12-13-14-22-16(19)15-18(3)17(20)21-5-2/h4-15H2,1-3H3. The Morgan fingerprint density at radius 2 is 1.36 bits per heavy atom. The summed E-state index contributed by atoms with van der Waals surface area (Å²) in [7, 11) is 1.53. The molecule has 0 aliphatic heterocycles. The van der Waals surface area contributed by atoms with Gasteiger partial charge >= 0.3 is 12.1 Å². The van der Waals surface area contributed by atoms with Crippen LogP contribution >= 0.6 is 0 Å². The van der Waals surface area contributed by atoms with Gasteiger partial charge in [0.25, 0.3) is 0 Å². The number of unbranched alkanes of at least 4 members (excludes halogenated alkanes) is 8. The topological polar surface area (TPSA) is 55.8 Å². The molecule has 0 aromatic rings. The highest BCUT2D eigenvalue weighted by Gasteiger charge is 2.14. The highest BCUT2D eigenvalue weighted by molar-refractivity contribution is 5.77. The van der Waals surface area contributed by atoms with Gasteiger partial charge in [0.05, 0.1) is 13.2 Å². The molecule has 0 radical (unpaired) electrons. The molecule has 0 N–H and O–H groups in total. The summed E-state index contributed by atoms with van der Waals surface area (Å²) in [6, 6.07) is 0. The lowest BCUT2D eigenvalue weighted by Crippen LogP contribution is -2.33. The minimum atomic E-state index is -0.498. The lowest BCUT2D eigenvalue weighted by Gasteiger charge is -2.15. The van der Waals surface area contributed by atoms with Crippen LogP contribution in [0.2, 0.25) is 0 Å². The Labute approximate surface area is 135 Å². The summed E-state index contributed by atoms with van der Waals surface area (Å²) in [5.74, 6) is -0.380. The lowest BCUT2D eigenvalue weighted by atomic mass is 10.1. The van der Waals surface area contributed by atoms with Gasteiger partial charge in [-0.3, -0.25) is 4.79 Å². The second-order valence-electron chi connectivity index (χ2n) is 5.60. The number of carbonyl (C=O) groups excluding carboxylic acids is 2. The van der Waals surface area contributed by atoms with Crippen LogP contribution in [0.25, 0.3) is 0 Å². The van der Waals surface area contributed by atoms with E-state index >= 15 is 0 Å². The van der Waals surface area contributed by atoms with Crippen molar-refractivity contribution in [1.29, 1.82) is 0 Å². The first kappa shape index (κ1) is 20.7. The molecule has 0 atom stereocenters.